The molecule has 0 aliphatic heterocycles. The molecule has 0 bridgehead atoms. The maximum Gasteiger partial charge on any atom is 0.341 e. The van der Waals surface area contributed by atoms with E-state index in [1.807, 2.05) is 66.3 Å². The quantitative estimate of drug-likeness (QED) is 0.140. The van der Waals surface area contributed by atoms with Crippen molar-refractivity contribution in [2.45, 2.75) is 58.3 Å². The zero-order chi connectivity index (χ0) is 28.6. The van der Waals surface area contributed by atoms with E-state index in [2.05, 4.69) is 41.5 Å². The van der Waals surface area contributed by atoms with Crippen LogP contribution in [0, 0.1) is 0 Å². The lowest BCUT2D eigenvalue weighted by molar-refractivity contribution is -0.113. The lowest BCUT2D eigenvalue weighted by atomic mass is 10.0. The molecule has 1 N–H and O–H groups in total. The van der Waals surface area contributed by atoms with Gasteiger partial charge in [-0.2, -0.15) is 0 Å². The van der Waals surface area contributed by atoms with Crippen molar-refractivity contribution in [2.24, 2.45) is 0 Å². The molecule has 8 nitrogen and oxygen atoms in total. The molecule has 2 aromatic carbocycles. The number of ether oxygens (including phenoxy) is 2. The minimum atomic E-state index is -0.464. The summed E-state index contributed by atoms with van der Waals surface area (Å²) in [5.74, 6) is 1.29. The van der Waals surface area contributed by atoms with Gasteiger partial charge in [-0.3, -0.25) is 4.79 Å². The van der Waals surface area contributed by atoms with E-state index >= 15 is 0 Å². The Morgan fingerprint density at radius 2 is 1.75 bits per heavy atom. The molecule has 4 rings (SSSR count). The molecule has 4 aromatic rings. The molecular weight excluding hydrogens is 544 g/mol. The van der Waals surface area contributed by atoms with Gasteiger partial charge in [-0.25, -0.2) is 4.79 Å². The number of carbonyl (C=O) groups excluding carboxylic acids is 2. The van der Waals surface area contributed by atoms with E-state index in [9.17, 15) is 9.59 Å². The molecule has 1 unspecified atom stereocenters. The summed E-state index contributed by atoms with van der Waals surface area (Å²) in [6.07, 6.45) is -0.324. The maximum absolute atomic E-state index is 13.0. The Bertz CT molecular complexity index is 1430. The first-order chi connectivity index (χ1) is 19.3. The van der Waals surface area contributed by atoms with Gasteiger partial charge in [0, 0.05) is 17.5 Å². The largest absolute Gasteiger partial charge is 0.483 e. The van der Waals surface area contributed by atoms with Crippen LogP contribution in [0.1, 0.15) is 68.4 Å². The average Bonchev–Trinajstić information content (AvgIpc) is 3.57. The van der Waals surface area contributed by atoms with Crippen molar-refractivity contribution in [2.75, 3.05) is 17.7 Å². The summed E-state index contributed by atoms with van der Waals surface area (Å²) in [6, 6.07) is 17.7. The lowest BCUT2D eigenvalue weighted by Gasteiger charge is -2.16. The number of esters is 1. The van der Waals surface area contributed by atoms with Gasteiger partial charge in [-0.05, 0) is 49.9 Å². The van der Waals surface area contributed by atoms with Crippen LogP contribution in [0.3, 0.4) is 0 Å². The van der Waals surface area contributed by atoms with Crippen LogP contribution in [0.15, 0.2) is 65.1 Å². The van der Waals surface area contributed by atoms with Crippen molar-refractivity contribution >= 4 is 40.0 Å². The van der Waals surface area contributed by atoms with Crippen molar-refractivity contribution in [1.29, 1.82) is 0 Å². The minimum Gasteiger partial charge on any atom is -0.483 e. The van der Waals surface area contributed by atoms with Crippen LogP contribution < -0.4 is 10.1 Å². The van der Waals surface area contributed by atoms with Crippen LogP contribution in [0.25, 0.3) is 11.1 Å². The summed E-state index contributed by atoms with van der Waals surface area (Å²) < 4.78 is 13.4. The minimum absolute atomic E-state index is 0.102. The number of aromatic nitrogens is 3. The highest BCUT2D eigenvalue weighted by molar-refractivity contribution is 7.99. The number of thioether (sulfide) groups is 1. The van der Waals surface area contributed by atoms with E-state index in [1.165, 1.54) is 28.7 Å². The normalized spacial score (nSPS) is 11.8. The highest BCUT2D eigenvalue weighted by Gasteiger charge is 2.24. The van der Waals surface area contributed by atoms with E-state index in [-0.39, 0.29) is 24.4 Å². The molecule has 0 aliphatic rings. The summed E-state index contributed by atoms with van der Waals surface area (Å²) in [7, 11) is 0. The number of hydrogen-bond donors (Lipinski definition) is 1. The number of benzene rings is 2. The van der Waals surface area contributed by atoms with Crippen LogP contribution in [0.5, 0.6) is 5.75 Å². The van der Waals surface area contributed by atoms with E-state index in [4.69, 9.17) is 9.47 Å². The van der Waals surface area contributed by atoms with Gasteiger partial charge in [0.2, 0.25) is 5.91 Å². The van der Waals surface area contributed by atoms with Crippen LogP contribution in [-0.2, 0) is 16.1 Å². The van der Waals surface area contributed by atoms with Crippen molar-refractivity contribution in [3.05, 3.63) is 76.9 Å². The Morgan fingerprint density at radius 1 is 1.02 bits per heavy atom. The number of anilines is 1. The molecule has 0 saturated carbocycles. The zero-order valence-corrected chi connectivity index (χ0v) is 25.0. The third-order valence-corrected chi connectivity index (χ3v) is 8.09. The highest BCUT2D eigenvalue weighted by Crippen LogP contribution is 2.36. The van der Waals surface area contributed by atoms with Crippen molar-refractivity contribution < 1.29 is 19.1 Å². The third kappa shape index (κ3) is 6.92. The van der Waals surface area contributed by atoms with Crippen LogP contribution in [-0.4, -0.2) is 39.0 Å². The monoisotopic (exact) mass is 578 g/mol. The molecule has 210 valence electrons. The molecular formula is C30H34N4O4S2. The van der Waals surface area contributed by atoms with Crippen LogP contribution >= 0.6 is 23.1 Å². The summed E-state index contributed by atoms with van der Waals surface area (Å²) in [5.41, 5.74) is 3.23. The molecule has 1 amide bonds. The van der Waals surface area contributed by atoms with E-state index < -0.39 is 5.97 Å². The number of amides is 1. The van der Waals surface area contributed by atoms with Crippen molar-refractivity contribution in [3.63, 3.8) is 0 Å². The molecule has 40 heavy (non-hydrogen) atoms. The smallest absolute Gasteiger partial charge is 0.341 e. The second-order valence-corrected chi connectivity index (χ2v) is 11.2. The van der Waals surface area contributed by atoms with Crippen molar-refractivity contribution in [3.8, 4) is 16.9 Å². The van der Waals surface area contributed by atoms with E-state index in [0.717, 1.165) is 16.9 Å². The third-order valence-electron chi connectivity index (χ3n) is 6.23. The molecule has 2 heterocycles. The molecule has 0 saturated heterocycles. The fourth-order valence-electron chi connectivity index (χ4n) is 4.17. The number of nitrogens with one attached hydrogen (secondary N) is 1. The average molecular weight is 579 g/mol. The molecule has 0 aliphatic carbocycles. The number of hydrogen-bond acceptors (Lipinski definition) is 8. The SMILES string of the molecule is CCOC(=O)c1c(-c2ccccc2)csc1NC(=O)CSc1nnc(C(C)Oc2ccc(C(C)C)cc2)n1CC. The fraction of sp³-hybridized carbons (Fsp3) is 0.333. The van der Waals surface area contributed by atoms with Gasteiger partial charge >= 0.3 is 5.97 Å². The van der Waals surface area contributed by atoms with Crippen LogP contribution in [0.4, 0.5) is 5.00 Å². The van der Waals surface area contributed by atoms with Gasteiger partial charge in [0.05, 0.1) is 12.4 Å². The standard InChI is InChI=1S/C30H34N4O4S2/c1-6-34-27(20(5)38-23-15-13-21(14-16-23)19(3)4)32-33-30(34)40-18-25(35)31-28-26(29(36)37-7-2)24(17-39-28)22-11-9-8-10-12-22/h8-17,19-20H,6-7,18H2,1-5H3,(H,31,35). The van der Waals surface area contributed by atoms with Gasteiger partial charge < -0.3 is 19.4 Å². The molecule has 0 fully saturated rings. The number of carbonyl (C=O) groups is 2. The van der Waals surface area contributed by atoms with Gasteiger partial charge in [-0.15, -0.1) is 21.5 Å². The summed E-state index contributed by atoms with van der Waals surface area (Å²) in [4.78, 5) is 25.8. The molecule has 0 radical (unpaired) electrons. The molecule has 0 spiro atoms. The predicted molar refractivity (Wildman–Crippen MR) is 160 cm³/mol. The van der Waals surface area contributed by atoms with Gasteiger partial charge in [0.15, 0.2) is 17.1 Å². The molecule has 1 atom stereocenters. The zero-order valence-electron chi connectivity index (χ0n) is 23.3. The van der Waals surface area contributed by atoms with Gasteiger partial charge in [0.1, 0.15) is 16.3 Å². The molecule has 10 heteroatoms. The first-order valence-electron chi connectivity index (χ1n) is 13.3. The fourth-order valence-corrected chi connectivity index (χ4v) is 5.95. The maximum atomic E-state index is 13.0. The highest BCUT2D eigenvalue weighted by atomic mass is 32.2. The Kier molecular flexibility index (Phi) is 10.0. The van der Waals surface area contributed by atoms with E-state index in [0.29, 0.717) is 34.0 Å². The van der Waals surface area contributed by atoms with E-state index in [1.54, 1.807) is 6.92 Å². The Hall–Kier alpha value is -3.63. The van der Waals surface area contributed by atoms with Crippen LogP contribution in [0.2, 0.25) is 0 Å². The van der Waals surface area contributed by atoms with Crippen molar-refractivity contribution in [1.82, 2.24) is 14.8 Å². The topological polar surface area (TPSA) is 95.3 Å². The number of nitrogens with zero attached hydrogens (tertiary/aromatic N) is 3. The second kappa shape index (κ2) is 13.6. The first kappa shape index (κ1) is 29.4. The second-order valence-electron chi connectivity index (χ2n) is 9.35. The lowest BCUT2D eigenvalue weighted by Crippen LogP contribution is -2.17. The first-order valence-corrected chi connectivity index (χ1v) is 15.1. The summed E-state index contributed by atoms with van der Waals surface area (Å²) in [5, 5.41) is 14.5. The Balaban J connectivity index is 1.43. The number of rotatable bonds is 12. The Morgan fingerprint density at radius 3 is 2.40 bits per heavy atom. The Labute approximate surface area is 243 Å². The summed E-state index contributed by atoms with van der Waals surface area (Å²) >= 11 is 2.59. The molecule has 2 aromatic heterocycles. The van der Waals surface area contributed by atoms with Gasteiger partial charge in [-0.1, -0.05) is 68.1 Å². The summed E-state index contributed by atoms with van der Waals surface area (Å²) in [6.45, 7) is 10.9. The predicted octanol–water partition coefficient (Wildman–Crippen LogP) is 7.20. The number of thiophene rings is 1. The van der Waals surface area contributed by atoms with Gasteiger partial charge in [0.25, 0.3) is 0 Å².